The smallest absolute Gasteiger partial charge is 0.202 e. The van der Waals surface area contributed by atoms with Gasteiger partial charge in [0.25, 0.3) is 0 Å². The van der Waals surface area contributed by atoms with Crippen molar-refractivity contribution in [1.82, 2.24) is 10.2 Å². The maximum Gasteiger partial charge on any atom is 0.202 e. The molecular weight excluding hydrogens is 390 g/mol. The lowest BCUT2D eigenvalue weighted by Crippen LogP contribution is -2.44. The zero-order valence-corrected chi connectivity index (χ0v) is 18.2. The van der Waals surface area contributed by atoms with Gasteiger partial charge in [-0.3, -0.25) is 10.6 Å². The lowest BCUT2D eigenvalue weighted by atomic mass is 9.93. The number of methoxy groups -OCH3 is 1. The van der Waals surface area contributed by atoms with Gasteiger partial charge in [-0.15, -0.1) is 0 Å². The summed E-state index contributed by atoms with van der Waals surface area (Å²) in [5, 5.41) is 6.48. The third-order valence-corrected chi connectivity index (χ3v) is 5.82. The minimum Gasteiger partial charge on any atom is -0.497 e. The average Bonchev–Trinajstić information content (AvgIpc) is 3.31. The van der Waals surface area contributed by atoms with Crippen molar-refractivity contribution in [2.45, 2.75) is 25.4 Å². The zero-order valence-electron chi connectivity index (χ0n) is 18.2. The molecular formula is C24H31N5O2. The molecule has 2 aromatic rings. The van der Waals surface area contributed by atoms with Crippen LogP contribution in [0.4, 0.5) is 5.69 Å². The first-order chi connectivity index (χ1) is 15.1. The van der Waals surface area contributed by atoms with Crippen LogP contribution < -0.4 is 25.8 Å². The van der Waals surface area contributed by atoms with Gasteiger partial charge in [-0.2, -0.15) is 0 Å². The summed E-state index contributed by atoms with van der Waals surface area (Å²) in [6.07, 6.45) is 4.48. The van der Waals surface area contributed by atoms with Crippen LogP contribution >= 0.6 is 0 Å². The molecule has 7 nitrogen and oxygen atoms in total. The molecule has 0 aliphatic carbocycles. The predicted molar refractivity (Wildman–Crippen MR) is 124 cm³/mol. The Morgan fingerprint density at radius 2 is 1.90 bits per heavy atom. The minimum atomic E-state index is -0.971. The number of nitrogens with one attached hydrogen (secondary N) is 2. The summed E-state index contributed by atoms with van der Waals surface area (Å²) in [4.78, 5) is 7.21. The molecule has 31 heavy (non-hydrogen) atoms. The van der Waals surface area contributed by atoms with Gasteiger partial charge in [0.1, 0.15) is 18.1 Å². The van der Waals surface area contributed by atoms with Gasteiger partial charge >= 0.3 is 0 Å². The standard InChI is InChI=1S/C24H31N5O2/c1-18-17-26-23(28-24(18,25)19-6-5-7-22(16-19)30-2)27-20-8-10-21(11-9-20)31-15-14-29-12-3-4-13-29/h5-11,16-17H,3-4,12-15,25H2,1-2H3,(H2,26,27,28). The van der Waals surface area contributed by atoms with Gasteiger partial charge in [-0.05, 0) is 74.8 Å². The normalized spacial score (nSPS) is 21.1. The number of aliphatic imine (C=N–C) groups is 1. The van der Waals surface area contributed by atoms with Gasteiger partial charge in [0.2, 0.25) is 5.96 Å². The quantitative estimate of drug-likeness (QED) is 0.636. The highest BCUT2D eigenvalue weighted by Gasteiger charge is 2.32. The van der Waals surface area contributed by atoms with Crippen LogP contribution in [0.15, 0.2) is 65.3 Å². The third-order valence-electron chi connectivity index (χ3n) is 5.82. The van der Waals surface area contributed by atoms with Crippen molar-refractivity contribution >= 4 is 11.6 Å². The molecule has 1 unspecified atom stereocenters. The van der Waals surface area contributed by atoms with E-state index in [-0.39, 0.29) is 0 Å². The fourth-order valence-corrected chi connectivity index (χ4v) is 3.87. The van der Waals surface area contributed by atoms with Gasteiger partial charge in [0.15, 0.2) is 5.66 Å². The number of rotatable bonds is 7. The zero-order chi connectivity index (χ0) is 21.7. The highest BCUT2D eigenvalue weighted by Crippen LogP contribution is 2.32. The highest BCUT2D eigenvalue weighted by atomic mass is 16.5. The molecule has 0 radical (unpaired) electrons. The Bertz CT molecular complexity index is 951. The van der Waals surface area contributed by atoms with Crippen molar-refractivity contribution in [1.29, 1.82) is 0 Å². The molecule has 2 aromatic carbocycles. The maximum atomic E-state index is 6.71. The molecule has 1 fully saturated rings. The van der Waals surface area contributed by atoms with Crippen LogP contribution in [0, 0.1) is 0 Å². The first-order valence-electron chi connectivity index (χ1n) is 10.8. The van der Waals surface area contributed by atoms with Crippen molar-refractivity contribution in [2.75, 3.05) is 38.7 Å². The Hall–Kier alpha value is -3.03. The third kappa shape index (κ3) is 5.00. The largest absolute Gasteiger partial charge is 0.497 e. The second-order valence-corrected chi connectivity index (χ2v) is 7.98. The number of hydrogen-bond acceptors (Lipinski definition) is 7. The molecule has 0 bridgehead atoms. The molecule has 4 rings (SSSR count). The van der Waals surface area contributed by atoms with Crippen LogP contribution in [0.3, 0.4) is 0 Å². The fraction of sp³-hybridized carbons (Fsp3) is 0.375. The van der Waals surface area contributed by atoms with Crippen LogP contribution in [-0.4, -0.2) is 44.2 Å². The predicted octanol–water partition coefficient (Wildman–Crippen LogP) is 3.26. The van der Waals surface area contributed by atoms with E-state index >= 15 is 0 Å². The van der Waals surface area contributed by atoms with E-state index in [1.54, 1.807) is 7.11 Å². The van der Waals surface area contributed by atoms with E-state index in [1.807, 2.05) is 61.7 Å². The number of nitrogens with two attached hydrogens (primary N) is 1. The molecule has 0 amide bonds. The monoisotopic (exact) mass is 421 g/mol. The summed E-state index contributed by atoms with van der Waals surface area (Å²) < 4.78 is 11.2. The summed E-state index contributed by atoms with van der Waals surface area (Å²) in [6.45, 7) is 6.03. The maximum absolute atomic E-state index is 6.71. The second-order valence-electron chi connectivity index (χ2n) is 7.98. The van der Waals surface area contributed by atoms with Crippen molar-refractivity contribution in [3.63, 3.8) is 0 Å². The van der Waals surface area contributed by atoms with Crippen LogP contribution in [0.5, 0.6) is 11.5 Å². The average molecular weight is 422 g/mol. The summed E-state index contributed by atoms with van der Waals surface area (Å²) in [5.74, 6) is 2.20. The number of anilines is 1. The van der Waals surface area contributed by atoms with E-state index < -0.39 is 5.66 Å². The number of guanidine groups is 1. The Labute approximate surface area is 183 Å². The lowest BCUT2D eigenvalue weighted by molar-refractivity contribution is 0.238. The molecule has 2 heterocycles. The fourth-order valence-electron chi connectivity index (χ4n) is 3.87. The van der Waals surface area contributed by atoms with Crippen molar-refractivity contribution in [3.05, 3.63) is 65.9 Å². The number of likely N-dealkylation sites (tertiary alicyclic amines) is 1. The number of ether oxygens (including phenoxy) is 2. The van der Waals surface area contributed by atoms with E-state index in [1.165, 1.54) is 25.9 Å². The SMILES string of the molecule is COc1cccc(C2(N)N=C(Nc3ccc(OCCN4CCCC4)cc3)NC=C2C)c1. The Balaban J connectivity index is 1.40. The molecule has 1 atom stereocenters. The summed E-state index contributed by atoms with van der Waals surface area (Å²) in [7, 11) is 1.64. The van der Waals surface area contributed by atoms with Crippen molar-refractivity contribution < 1.29 is 9.47 Å². The molecule has 0 spiro atoms. The topological polar surface area (TPSA) is 84.1 Å². The summed E-state index contributed by atoms with van der Waals surface area (Å²) in [6, 6.07) is 15.6. The first-order valence-corrected chi connectivity index (χ1v) is 10.8. The van der Waals surface area contributed by atoms with Gasteiger partial charge < -0.3 is 20.1 Å². The van der Waals surface area contributed by atoms with Crippen LogP contribution in [0.1, 0.15) is 25.3 Å². The van der Waals surface area contributed by atoms with Gasteiger partial charge in [0.05, 0.1) is 7.11 Å². The van der Waals surface area contributed by atoms with Gasteiger partial charge in [0, 0.05) is 24.0 Å². The summed E-state index contributed by atoms with van der Waals surface area (Å²) in [5.41, 5.74) is 8.41. The van der Waals surface area contributed by atoms with E-state index in [9.17, 15) is 0 Å². The van der Waals surface area contributed by atoms with Crippen LogP contribution in [-0.2, 0) is 5.66 Å². The highest BCUT2D eigenvalue weighted by molar-refractivity contribution is 5.95. The first kappa shape index (κ1) is 21.2. The lowest BCUT2D eigenvalue weighted by Gasteiger charge is -2.31. The molecule has 0 saturated carbocycles. The van der Waals surface area contributed by atoms with E-state index in [4.69, 9.17) is 20.2 Å². The second kappa shape index (κ2) is 9.41. The molecule has 1 saturated heterocycles. The Morgan fingerprint density at radius 1 is 1.13 bits per heavy atom. The van der Waals surface area contributed by atoms with Gasteiger partial charge in [-0.1, -0.05) is 12.1 Å². The van der Waals surface area contributed by atoms with E-state index in [2.05, 4.69) is 15.5 Å². The number of hydrogen-bond donors (Lipinski definition) is 3. The van der Waals surface area contributed by atoms with E-state index in [0.717, 1.165) is 34.9 Å². The number of nitrogens with zero attached hydrogens (tertiary/aromatic N) is 2. The van der Waals surface area contributed by atoms with Crippen LogP contribution in [0.25, 0.3) is 0 Å². The Kier molecular flexibility index (Phi) is 6.44. The summed E-state index contributed by atoms with van der Waals surface area (Å²) >= 11 is 0. The molecule has 7 heteroatoms. The van der Waals surface area contributed by atoms with Gasteiger partial charge in [-0.25, -0.2) is 4.99 Å². The molecule has 2 aliphatic rings. The molecule has 4 N–H and O–H groups in total. The Morgan fingerprint density at radius 3 is 2.65 bits per heavy atom. The molecule has 2 aliphatic heterocycles. The number of benzene rings is 2. The van der Waals surface area contributed by atoms with Crippen LogP contribution in [0.2, 0.25) is 0 Å². The van der Waals surface area contributed by atoms with Crippen molar-refractivity contribution in [3.8, 4) is 11.5 Å². The van der Waals surface area contributed by atoms with E-state index in [0.29, 0.717) is 12.6 Å². The minimum absolute atomic E-state index is 0.582. The van der Waals surface area contributed by atoms with Crippen molar-refractivity contribution in [2.24, 2.45) is 10.7 Å². The molecule has 0 aromatic heterocycles. The molecule has 164 valence electrons.